The van der Waals surface area contributed by atoms with Crippen molar-refractivity contribution in [3.63, 3.8) is 0 Å². The standard InChI is InChI=1S/C11H16N4O2/c1-8-13-9(12-7-11(16)17)6-10(14-8)15-4-2-3-5-15/h6H,2-5,7H2,1H3,(H,16,17)(H,12,13,14). The predicted molar refractivity (Wildman–Crippen MR) is 64.3 cm³/mol. The van der Waals surface area contributed by atoms with Crippen LogP contribution in [0.25, 0.3) is 0 Å². The highest BCUT2D eigenvalue weighted by atomic mass is 16.4. The second kappa shape index (κ2) is 4.99. The summed E-state index contributed by atoms with van der Waals surface area (Å²) in [5.41, 5.74) is 0. The number of aromatic nitrogens is 2. The summed E-state index contributed by atoms with van der Waals surface area (Å²) in [6.07, 6.45) is 2.36. The van der Waals surface area contributed by atoms with Crippen molar-refractivity contribution in [2.45, 2.75) is 19.8 Å². The van der Waals surface area contributed by atoms with Gasteiger partial charge >= 0.3 is 5.97 Å². The van der Waals surface area contributed by atoms with Gasteiger partial charge in [0.1, 0.15) is 24.0 Å². The lowest BCUT2D eigenvalue weighted by atomic mass is 10.4. The summed E-state index contributed by atoms with van der Waals surface area (Å²) in [7, 11) is 0. The number of carboxylic acid groups (broad SMARTS) is 1. The van der Waals surface area contributed by atoms with Crippen molar-refractivity contribution in [3.8, 4) is 0 Å². The Balaban J connectivity index is 2.13. The van der Waals surface area contributed by atoms with Crippen LogP contribution < -0.4 is 10.2 Å². The van der Waals surface area contributed by atoms with E-state index in [4.69, 9.17) is 5.11 Å². The fourth-order valence-electron chi connectivity index (χ4n) is 1.92. The Bertz CT molecular complexity index is 416. The molecule has 2 rings (SSSR count). The van der Waals surface area contributed by atoms with Crippen LogP contribution in [0.15, 0.2) is 6.07 Å². The number of nitrogens with one attached hydrogen (secondary N) is 1. The first-order valence-electron chi connectivity index (χ1n) is 5.71. The lowest BCUT2D eigenvalue weighted by molar-refractivity contribution is -0.134. The largest absolute Gasteiger partial charge is 0.480 e. The molecule has 2 heterocycles. The third-order valence-electron chi connectivity index (χ3n) is 2.68. The number of carboxylic acids is 1. The number of carbonyl (C=O) groups is 1. The van der Waals surface area contributed by atoms with E-state index < -0.39 is 5.97 Å². The summed E-state index contributed by atoms with van der Waals surface area (Å²) in [5.74, 6) is 1.20. The van der Waals surface area contributed by atoms with Crippen molar-refractivity contribution >= 4 is 17.6 Å². The van der Waals surface area contributed by atoms with Crippen LogP contribution in [0.2, 0.25) is 0 Å². The van der Waals surface area contributed by atoms with Gasteiger partial charge in [-0.1, -0.05) is 0 Å². The SMILES string of the molecule is Cc1nc(NCC(=O)O)cc(N2CCCC2)n1. The summed E-state index contributed by atoms with van der Waals surface area (Å²) in [6.45, 7) is 3.70. The molecule has 1 fully saturated rings. The number of nitrogens with zero attached hydrogens (tertiary/aromatic N) is 3. The highest BCUT2D eigenvalue weighted by Gasteiger charge is 2.15. The van der Waals surface area contributed by atoms with E-state index >= 15 is 0 Å². The molecule has 2 N–H and O–H groups in total. The molecule has 6 heteroatoms. The van der Waals surface area contributed by atoms with Crippen molar-refractivity contribution in [1.82, 2.24) is 9.97 Å². The van der Waals surface area contributed by atoms with Crippen LogP contribution in [0.1, 0.15) is 18.7 Å². The van der Waals surface area contributed by atoms with Crippen molar-refractivity contribution in [1.29, 1.82) is 0 Å². The van der Waals surface area contributed by atoms with Gasteiger partial charge in [-0.3, -0.25) is 4.79 Å². The van der Waals surface area contributed by atoms with Gasteiger partial charge in [0.15, 0.2) is 0 Å². The number of anilines is 2. The van der Waals surface area contributed by atoms with Crippen LogP contribution >= 0.6 is 0 Å². The van der Waals surface area contributed by atoms with Crippen LogP contribution in [0.3, 0.4) is 0 Å². The Hall–Kier alpha value is -1.85. The quantitative estimate of drug-likeness (QED) is 0.808. The zero-order valence-corrected chi connectivity index (χ0v) is 9.81. The van der Waals surface area contributed by atoms with Crippen molar-refractivity contribution in [2.75, 3.05) is 29.9 Å². The van der Waals surface area contributed by atoms with E-state index in [1.165, 1.54) is 12.8 Å². The summed E-state index contributed by atoms with van der Waals surface area (Å²) >= 11 is 0. The van der Waals surface area contributed by atoms with Gasteiger partial charge < -0.3 is 15.3 Å². The van der Waals surface area contributed by atoms with Gasteiger partial charge in [0, 0.05) is 19.2 Å². The smallest absolute Gasteiger partial charge is 0.322 e. The molecule has 0 aromatic carbocycles. The molecule has 1 saturated heterocycles. The normalized spacial score (nSPS) is 15.0. The Morgan fingerprint density at radius 1 is 1.47 bits per heavy atom. The molecule has 0 bridgehead atoms. The molecule has 0 unspecified atom stereocenters. The first kappa shape index (κ1) is 11.6. The lowest BCUT2D eigenvalue weighted by Crippen LogP contribution is -2.20. The van der Waals surface area contributed by atoms with Gasteiger partial charge in [-0.05, 0) is 19.8 Å². The minimum absolute atomic E-state index is 0.129. The summed E-state index contributed by atoms with van der Waals surface area (Å²) in [6, 6.07) is 1.81. The van der Waals surface area contributed by atoms with Gasteiger partial charge in [0.25, 0.3) is 0 Å². The molecule has 0 aliphatic carbocycles. The van der Waals surface area contributed by atoms with Crippen LogP contribution in [-0.4, -0.2) is 40.7 Å². The van der Waals surface area contributed by atoms with E-state index in [-0.39, 0.29) is 6.54 Å². The van der Waals surface area contributed by atoms with Crippen molar-refractivity contribution in [3.05, 3.63) is 11.9 Å². The molecule has 0 atom stereocenters. The van der Waals surface area contributed by atoms with E-state index in [1.807, 2.05) is 6.92 Å². The number of rotatable bonds is 4. The Labute approximate surface area is 99.7 Å². The lowest BCUT2D eigenvalue weighted by Gasteiger charge is -2.17. The number of aliphatic carboxylic acids is 1. The molecule has 1 aromatic heterocycles. The molecule has 1 aromatic rings. The molecule has 1 aliphatic heterocycles. The highest BCUT2D eigenvalue weighted by Crippen LogP contribution is 2.20. The zero-order valence-electron chi connectivity index (χ0n) is 9.81. The topological polar surface area (TPSA) is 78.3 Å². The fraction of sp³-hybridized carbons (Fsp3) is 0.545. The Kier molecular flexibility index (Phi) is 3.41. The Morgan fingerprint density at radius 2 is 2.18 bits per heavy atom. The molecule has 1 aliphatic rings. The maximum Gasteiger partial charge on any atom is 0.322 e. The van der Waals surface area contributed by atoms with Gasteiger partial charge in [-0.2, -0.15) is 0 Å². The van der Waals surface area contributed by atoms with E-state index in [2.05, 4.69) is 20.2 Å². The van der Waals surface area contributed by atoms with Crippen LogP contribution in [0.5, 0.6) is 0 Å². The van der Waals surface area contributed by atoms with Crippen molar-refractivity contribution in [2.24, 2.45) is 0 Å². The second-order valence-electron chi connectivity index (χ2n) is 4.10. The average molecular weight is 236 g/mol. The summed E-state index contributed by atoms with van der Waals surface area (Å²) in [5, 5.41) is 11.4. The number of hydrogen-bond acceptors (Lipinski definition) is 5. The maximum atomic E-state index is 10.5. The maximum absolute atomic E-state index is 10.5. The molecule has 0 amide bonds. The minimum Gasteiger partial charge on any atom is -0.480 e. The molecular formula is C11H16N4O2. The third kappa shape index (κ3) is 3.05. The van der Waals surface area contributed by atoms with Crippen LogP contribution in [0, 0.1) is 6.92 Å². The van der Waals surface area contributed by atoms with Crippen LogP contribution in [-0.2, 0) is 4.79 Å². The molecule has 6 nitrogen and oxygen atoms in total. The van der Waals surface area contributed by atoms with Crippen LogP contribution in [0.4, 0.5) is 11.6 Å². The van der Waals surface area contributed by atoms with E-state index in [0.717, 1.165) is 18.9 Å². The molecule has 92 valence electrons. The van der Waals surface area contributed by atoms with E-state index in [9.17, 15) is 4.79 Å². The minimum atomic E-state index is -0.899. The molecule has 0 spiro atoms. The molecule has 0 radical (unpaired) electrons. The first-order chi connectivity index (χ1) is 8.15. The predicted octanol–water partition coefficient (Wildman–Crippen LogP) is 0.882. The highest BCUT2D eigenvalue weighted by molar-refractivity contribution is 5.72. The van der Waals surface area contributed by atoms with Gasteiger partial charge in [0.05, 0.1) is 0 Å². The van der Waals surface area contributed by atoms with Crippen molar-refractivity contribution < 1.29 is 9.90 Å². The van der Waals surface area contributed by atoms with E-state index in [0.29, 0.717) is 11.6 Å². The summed E-state index contributed by atoms with van der Waals surface area (Å²) < 4.78 is 0. The van der Waals surface area contributed by atoms with E-state index in [1.54, 1.807) is 6.07 Å². The van der Waals surface area contributed by atoms with Gasteiger partial charge in [-0.25, -0.2) is 9.97 Å². The molecular weight excluding hydrogens is 220 g/mol. The molecule has 17 heavy (non-hydrogen) atoms. The summed E-state index contributed by atoms with van der Waals surface area (Å²) in [4.78, 5) is 21.2. The number of aryl methyl sites for hydroxylation is 1. The first-order valence-corrected chi connectivity index (χ1v) is 5.71. The second-order valence-corrected chi connectivity index (χ2v) is 4.10. The van der Waals surface area contributed by atoms with Gasteiger partial charge in [-0.15, -0.1) is 0 Å². The monoisotopic (exact) mass is 236 g/mol. The zero-order chi connectivity index (χ0) is 12.3. The average Bonchev–Trinajstić information content (AvgIpc) is 2.79. The Morgan fingerprint density at radius 3 is 2.82 bits per heavy atom. The fourth-order valence-corrected chi connectivity index (χ4v) is 1.92. The molecule has 0 saturated carbocycles. The third-order valence-corrected chi connectivity index (χ3v) is 2.68. The number of hydrogen-bond donors (Lipinski definition) is 2. The van der Waals surface area contributed by atoms with Gasteiger partial charge in [0.2, 0.25) is 0 Å².